The number of ketones is 2. The van der Waals surface area contributed by atoms with E-state index in [2.05, 4.69) is 10.3 Å². The highest BCUT2D eigenvalue weighted by molar-refractivity contribution is 7.54. The Morgan fingerprint density at radius 3 is 2.36 bits per heavy atom. The number of alkyl halides is 2. The predicted octanol–water partition coefficient (Wildman–Crippen LogP) is 4.37. The number of nitrogens with two attached hydrogens (primary N) is 1. The van der Waals surface area contributed by atoms with Gasteiger partial charge in [-0.1, -0.05) is 30.3 Å². The fourth-order valence-electron chi connectivity index (χ4n) is 7.24. The molecule has 18 heteroatoms. The van der Waals surface area contributed by atoms with Gasteiger partial charge in [-0.3, -0.25) is 9.59 Å². The lowest BCUT2D eigenvalue weighted by atomic mass is 9.72. The molecule has 0 saturated carbocycles. The summed E-state index contributed by atoms with van der Waals surface area (Å²) in [4.78, 5) is 28.0. The van der Waals surface area contributed by atoms with Crippen LogP contribution in [0.1, 0.15) is 75.8 Å². The van der Waals surface area contributed by atoms with Crippen LogP contribution in [0.25, 0.3) is 0 Å². The normalized spacial score (nSPS) is 26.1. The number of fused-ring (bicyclic) bond motifs is 3. The third kappa shape index (κ3) is 7.70. The Morgan fingerprint density at radius 1 is 1.05 bits per heavy atom. The minimum Gasteiger partial charge on any atom is -0.507 e. The van der Waals surface area contributed by atoms with Gasteiger partial charge in [0.2, 0.25) is 5.78 Å². The van der Waals surface area contributed by atoms with Gasteiger partial charge in [0.05, 0.1) is 47.8 Å². The van der Waals surface area contributed by atoms with Crippen molar-refractivity contribution >= 4 is 48.2 Å². The van der Waals surface area contributed by atoms with Crippen LogP contribution in [0, 0.1) is 0 Å². The number of halogens is 2. The molecule has 1 unspecified atom stereocenters. The number of benzene rings is 3. The van der Waals surface area contributed by atoms with Gasteiger partial charge in [-0.25, -0.2) is 14.4 Å². The number of aliphatic hydroxyl groups is 2. The van der Waals surface area contributed by atoms with Crippen molar-refractivity contribution in [3.05, 3.63) is 81.9 Å². The molecule has 3 aromatic rings. The van der Waals surface area contributed by atoms with Crippen molar-refractivity contribution in [2.45, 2.75) is 69.4 Å². The van der Waals surface area contributed by atoms with Crippen LogP contribution in [0.4, 0.5) is 0 Å². The van der Waals surface area contributed by atoms with Gasteiger partial charge in [-0.15, -0.1) is 23.2 Å². The molecule has 7 atom stereocenters. The predicted molar refractivity (Wildman–Crippen MR) is 204 cm³/mol. The highest BCUT2D eigenvalue weighted by Gasteiger charge is 2.49. The number of para-hydroxylation sites is 1. The number of aromatic hydroxyl groups is 2. The Balaban J connectivity index is 1.45. The second-order valence-electron chi connectivity index (χ2n) is 13.6. The van der Waals surface area contributed by atoms with Crippen LogP contribution in [0.15, 0.2) is 53.6 Å². The quantitative estimate of drug-likeness (QED) is 0.0363. The average Bonchev–Trinajstić information content (AvgIpc) is 3.16. The first-order chi connectivity index (χ1) is 26.2. The molecule has 0 spiro atoms. The van der Waals surface area contributed by atoms with E-state index in [4.69, 9.17) is 47.7 Å². The Bertz CT molecular complexity index is 2020. The van der Waals surface area contributed by atoms with Crippen molar-refractivity contribution in [1.82, 2.24) is 9.87 Å². The minimum absolute atomic E-state index is 0.0149. The Labute approximate surface area is 327 Å². The average molecular weight is 822 g/mol. The van der Waals surface area contributed by atoms with E-state index >= 15 is 0 Å². The summed E-state index contributed by atoms with van der Waals surface area (Å²) in [5.74, 6) is -2.29. The first-order valence-electron chi connectivity index (χ1n) is 17.6. The first kappa shape index (κ1) is 40.9. The van der Waals surface area contributed by atoms with Crippen molar-refractivity contribution in [1.29, 1.82) is 0 Å². The number of hydrazone groups is 1. The van der Waals surface area contributed by atoms with Gasteiger partial charge in [0.25, 0.3) is 0 Å². The van der Waals surface area contributed by atoms with Crippen LogP contribution in [-0.2, 0) is 20.5 Å². The molecule has 0 radical (unpaired) electrons. The number of nitrogens with zero attached hydrogens (tertiary/aromatic N) is 2. The van der Waals surface area contributed by atoms with Crippen molar-refractivity contribution in [3.8, 4) is 23.0 Å². The maximum atomic E-state index is 14.5. The van der Waals surface area contributed by atoms with E-state index in [1.54, 1.807) is 37.3 Å². The maximum Gasteiger partial charge on any atom is 0.435 e. The zero-order chi connectivity index (χ0) is 39.8. The molecule has 6 rings (SSSR count). The molecule has 0 amide bonds. The summed E-state index contributed by atoms with van der Waals surface area (Å²) in [7, 11) is -2.75. The third-order valence-corrected chi connectivity index (χ3v) is 12.5. The van der Waals surface area contributed by atoms with Gasteiger partial charge >= 0.3 is 7.67 Å². The molecule has 296 valence electrons. The highest BCUT2D eigenvalue weighted by atomic mass is 35.5. The number of hydrogen-bond donors (Lipinski definition) is 6. The first-order valence-corrected chi connectivity index (χ1v) is 20.2. The molecule has 1 fully saturated rings. The number of phenols is 2. The van der Waals surface area contributed by atoms with E-state index in [-0.39, 0.29) is 77.2 Å². The molecule has 1 aliphatic heterocycles. The fraction of sp³-hybridized carbons (Fsp3) is 0.432. The molecule has 0 bridgehead atoms. The van der Waals surface area contributed by atoms with Gasteiger partial charge in [0.15, 0.2) is 12.1 Å². The number of hydrogen-bond acceptors (Lipinski definition) is 13. The standard InChI is InChI=1S/C37H43Cl2N4O11P/c1-19-32(44)24(40)16-27(52-19)53-26-18-37(49,20(2)41-42-55(50,43(14-12-38)15-13-39)54-21-8-5-4-6-9-21)17-23-29(26)36(48)31-30(34(23)46)33(45)22-10-7-11-25(51-3)28(22)35(31)47/h4-11,19,24,26-27,32,44,46,48-49H,12-18,40H2,1-3H3,(H,42,50)/t19-,24-,26-,27-,32+,37-,55?/m0/s1. The lowest BCUT2D eigenvalue weighted by molar-refractivity contribution is -0.245. The van der Waals surface area contributed by atoms with E-state index in [9.17, 15) is 34.6 Å². The smallest absolute Gasteiger partial charge is 0.435 e. The van der Waals surface area contributed by atoms with Crippen molar-refractivity contribution in [2.24, 2.45) is 10.8 Å². The molecule has 1 saturated heterocycles. The number of phenolic OH excluding ortho intramolecular Hbond substituents is 2. The molecule has 3 aromatic carbocycles. The summed E-state index contributed by atoms with van der Waals surface area (Å²) >= 11 is 12.1. The van der Waals surface area contributed by atoms with E-state index < -0.39 is 84.5 Å². The number of ether oxygens (including phenoxy) is 3. The molecule has 55 heavy (non-hydrogen) atoms. The summed E-state index contributed by atoms with van der Waals surface area (Å²) < 4.78 is 39.5. The van der Waals surface area contributed by atoms with E-state index in [0.717, 1.165) is 0 Å². The number of rotatable bonds is 13. The molecular formula is C37H43Cl2N4O11P. The zero-order valence-corrected chi connectivity index (χ0v) is 32.7. The summed E-state index contributed by atoms with van der Waals surface area (Å²) in [6, 6.07) is 12.0. The summed E-state index contributed by atoms with van der Waals surface area (Å²) in [6.07, 6.45) is -4.89. The lowest BCUT2D eigenvalue weighted by Gasteiger charge is -2.43. The van der Waals surface area contributed by atoms with Crippen molar-refractivity contribution in [3.63, 3.8) is 0 Å². The molecule has 7 N–H and O–H groups in total. The summed E-state index contributed by atoms with van der Waals surface area (Å²) in [5, 5.41) is 53.7. The van der Waals surface area contributed by atoms with Crippen LogP contribution < -0.4 is 20.2 Å². The zero-order valence-electron chi connectivity index (χ0n) is 30.3. The molecular weight excluding hydrogens is 778 g/mol. The minimum atomic E-state index is -4.09. The third-order valence-electron chi connectivity index (χ3n) is 10.2. The molecule has 1 heterocycles. The van der Waals surface area contributed by atoms with E-state index in [1.807, 2.05) is 0 Å². The molecule has 15 nitrogen and oxygen atoms in total. The monoisotopic (exact) mass is 820 g/mol. The second-order valence-corrected chi connectivity index (χ2v) is 16.4. The van der Waals surface area contributed by atoms with Crippen LogP contribution in [0.3, 0.4) is 0 Å². The number of aliphatic hydroxyl groups excluding tert-OH is 1. The van der Waals surface area contributed by atoms with Crippen LogP contribution in [0.2, 0.25) is 0 Å². The van der Waals surface area contributed by atoms with Crippen LogP contribution in [-0.4, -0.2) is 104 Å². The number of methoxy groups -OCH3 is 1. The summed E-state index contributed by atoms with van der Waals surface area (Å²) in [6.45, 7) is 3.26. The van der Waals surface area contributed by atoms with Gasteiger partial charge in [0, 0.05) is 66.8 Å². The summed E-state index contributed by atoms with van der Waals surface area (Å²) in [5.41, 5.74) is 2.94. The van der Waals surface area contributed by atoms with Crippen molar-refractivity contribution in [2.75, 3.05) is 32.0 Å². The Morgan fingerprint density at radius 2 is 1.73 bits per heavy atom. The molecule has 2 aliphatic carbocycles. The highest BCUT2D eigenvalue weighted by Crippen LogP contribution is 2.53. The van der Waals surface area contributed by atoms with Crippen LogP contribution >= 0.6 is 30.9 Å². The number of carbonyl (C=O) groups excluding carboxylic acids is 2. The van der Waals surface area contributed by atoms with E-state index in [0.29, 0.717) is 0 Å². The molecule has 0 aromatic heterocycles. The van der Waals surface area contributed by atoms with Gasteiger partial charge in [0.1, 0.15) is 28.6 Å². The SMILES string of the molecule is COc1cccc2c1C(=O)c1c(O)c3c(c(O)c1C2=O)C[C@@](O)(C(C)=NNP(=O)(Oc1ccccc1)N(CCCl)CCCl)C[C@@H]3O[C@H]1C[C@H](N)[C@H](O)[C@H](C)O1. The largest absolute Gasteiger partial charge is 0.507 e. The van der Waals surface area contributed by atoms with Gasteiger partial charge < -0.3 is 44.9 Å². The Hall–Kier alpha value is -3.76. The number of carbonyl (C=O) groups is 2. The topological polar surface area (TPSA) is 223 Å². The lowest BCUT2D eigenvalue weighted by Crippen LogP contribution is -2.52. The number of nitrogens with one attached hydrogen (secondary N) is 1. The van der Waals surface area contributed by atoms with E-state index in [1.165, 1.54) is 36.9 Å². The molecule has 3 aliphatic rings. The maximum absolute atomic E-state index is 14.5. The van der Waals surface area contributed by atoms with Crippen molar-refractivity contribution < 1.29 is 53.3 Å². The Kier molecular flexibility index (Phi) is 12.2. The van der Waals surface area contributed by atoms with Gasteiger partial charge in [-0.2, -0.15) is 5.10 Å². The fourth-order valence-corrected chi connectivity index (χ4v) is 9.58. The van der Waals surface area contributed by atoms with Crippen LogP contribution in [0.5, 0.6) is 23.0 Å². The van der Waals surface area contributed by atoms with Gasteiger partial charge in [-0.05, 0) is 32.0 Å². The second kappa shape index (κ2) is 16.4.